The predicted molar refractivity (Wildman–Crippen MR) is 94.8 cm³/mol. The van der Waals surface area contributed by atoms with Crippen molar-refractivity contribution >= 4 is 17.5 Å². The summed E-state index contributed by atoms with van der Waals surface area (Å²) < 4.78 is 1.86. The van der Waals surface area contributed by atoms with Gasteiger partial charge in [-0.1, -0.05) is 11.6 Å². The van der Waals surface area contributed by atoms with Gasteiger partial charge >= 0.3 is 0 Å². The molecule has 4 aliphatic rings. The molecule has 1 N–H and O–H groups in total. The second-order valence-electron chi connectivity index (χ2n) is 8.62. The number of hydrogen-bond donors (Lipinski definition) is 1. The molecule has 4 bridgehead atoms. The molecule has 4 aliphatic carbocycles. The fourth-order valence-corrected chi connectivity index (χ4v) is 6.14. The van der Waals surface area contributed by atoms with Gasteiger partial charge in [0.1, 0.15) is 0 Å². The van der Waals surface area contributed by atoms with Crippen molar-refractivity contribution in [2.75, 3.05) is 6.54 Å². The molecule has 24 heavy (non-hydrogen) atoms. The average Bonchev–Trinajstić information content (AvgIpc) is 2.80. The summed E-state index contributed by atoms with van der Waals surface area (Å²) >= 11 is 6.01. The van der Waals surface area contributed by atoms with Crippen molar-refractivity contribution in [2.45, 2.75) is 64.8 Å². The number of nitrogens with one attached hydrogen (secondary N) is 1. The van der Waals surface area contributed by atoms with Crippen LogP contribution in [0.15, 0.2) is 6.20 Å². The van der Waals surface area contributed by atoms with E-state index in [1.54, 1.807) is 0 Å². The molecule has 4 fully saturated rings. The fraction of sp³-hybridized carbons (Fsp3) is 0.789. The van der Waals surface area contributed by atoms with Crippen LogP contribution in [0.4, 0.5) is 0 Å². The summed E-state index contributed by atoms with van der Waals surface area (Å²) in [6, 6.07) is 0. The first kappa shape index (κ1) is 16.4. The summed E-state index contributed by atoms with van der Waals surface area (Å²) in [7, 11) is 0. The molecule has 132 valence electrons. The lowest BCUT2D eigenvalue weighted by Gasteiger charge is -2.56. The van der Waals surface area contributed by atoms with E-state index in [2.05, 4.69) is 10.4 Å². The normalized spacial score (nSPS) is 33.8. The zero-order valence-corrected chi connectivity index (χ0v) is 15.3. The Balaban J connectivity index is 1.22. The minimum atomic E-state index is 0.256. The van der Waals surface area contributed by atoms with Gasteiger partial charge in [0.2, 0.25) is 5.91 Å². The van der Waals surface area contributed by atoms with E-state index >= 15 is 0 Å². The number of aryl methyl sites for hydroxylation is 2. The number of rotatable bonds is 6. The third-order valence-corrected chi connectivity index (χ3v) is 6.84. The van der Waals surface area contributed by atoms with Crippen molar-refractivity contribution in [1.82, 2.24) is 15.1 Å². The van der Waals surface area contributed by atoms with E-state index in [0.717, 1.165) is 49.4 Å². The molecule has 0 unspecified atom stereocenters. The van der Waals surface area contributed by atoms with Gasteiger partial charge in [-0.2, -0.15) is 5.10 Å². The van der Waals surface area contributed by atoms with Crippen molar-refractivity contribution in [3.05, 3.63) is 16.9 Å². The molecule has 0 aromatic carbocycles. The number of amides is 1. The van der Waals surface area contributed by atoms with Crippen molar-refractivity contribution < 1.29 is 4.79 Å². The van der Waals surface area contributed by atoms with E-state index in [4.69, 9.17) is 11.6 Å². The minimum Gasteiger partial charge on any atom is -0.356 e. The zero-order valence-electron chi connectivity index (χ0n) is 14.6. The maximum absolute atomic E-state index is 12.4. The van der Waals surface area contributed by atoms with Gasteiger partial charge in [0.05, 0.1) is 10.7 Å². The van der Waals surface area contributed by atoms with E-state index in [9.17, 15) is 4.79 Å². The number of carbonyl (C=O) groups is 1. The number of hydrogen-bond acceptors (Lipinski definition) is 2. The van der Waals surface area contributed by atoms with Crippen molar-refractivity contribution in [2.24, 2.45) is 23.2 Å². The molecule has 0 atom stereocenters. The van der Waals surface area contributed by atoms with Gasteiger partial charge in [-0.3, -0.25) is 9.48 Å². The molecule has 5 heteroatoms. The maximum Gasteiger partial charge on any atom is 0.220 e. The van der Waals surface area contributed by atoms with Gasteiger partial charge in [-0.15, -0.1) is 0 Å². The molecule has 4 saturated carbocycles. The Morgan fingerprint density at radius 1 is 1.29 bits per heavy atom. The van der Waals surface area contributed by atoms with Crippen LogP contribution < -0.4 is 5.32 Å². The molecule has 1 aromatic rings. The summed E-state index contributed by atoms with van der Waals surface area (Å²) in [5.41, 5.74) is 1.20. The highest BCUT2D eigenvalue weighted by molar-refractivity contribution is 6.31. The van der Waals surface area contributed by atoms with Crippen LogP contribution in [-0.2, 0) is 11.3 Å². The largest absolute Gasteiger partial charge is 0.356 e. The Morgan fingerprint density at radius 2 is 1.92 bits per heavy atom. The smallest absolute Gasteiger partial charge is 0.220 e. The molecule has 1 aromatic heterocycles. The lowest BCUT2D eigenvalue weighted by Crippen LogP contribution is -2.48. The Bertz CT molecular complexity index is 569. The molecular formula is C19H28ClN3O. The second-order valence-corrected chi connectivity index (χ2v) is 9.03. The van der Waals surface area contributed by atoms with E-state index in [1.807, 2.05) is 17.8 Å². The van der Waals surface area contributed by atoms with Crippen LogP contribution in [0.1, 0.15) is 57.1 Å². The number of aromatic nitrogens is 2. The van der Waals surface area contributed by atoms with Crippen LogP contribution in [0, 0.1) is 30.1 Å². The van der Waals surface area contributed by atoms with Crippen molar-refractivity contribution in [3.63, 3.8) is 0 Å². The minimum absolute atomic E-state index is 0.256. The van der Waals surface area contributed by atoms with Crippen molar-refractivity contribution in [1.29, 1.82) is 0 Å². The third-order valence-electron chi connectivity index (χ3n) is 6.47. The summed E-state index contributed by atoms with van der Waals surface area (Å²) in [6.45, 7) is 3.43. The SMILES string of the molecule is Cc1nn(CCCNC(=O)CC23CC4CC(CC(C4)C2)C3)cc1Cl. The molecule has 0 saturated heterocycles. The quantitative estimate of drug-likeness (QED) is 0.790. The van der Waals surface area contributed by atoms with Crippen LogP contribution in [0.5, 0.6) is 0 Å². The number of halogens is 1. The van der Waals surface area contributed by atoms with Crippen LogP contribution in [0.25, 0.3) is 0 Å². The average molecular weight is 350 g/mol. The van der Waals surface area contributed by atoms with E-state index in [0.29, 0.717) is 10.4 Å². The standard InChI is InChI=1S/C19H28ClN3O/c1-13-17(20)12-23(22-13)4-2-3-21-18(24)11-19-8-14-5-15(9-19)7-16(6-14)10-19/h12,14-16H,2-11H2,1H3,(H,21,24). The van der Waals surface area contributed by atoms with Crippen LogP contribution in [0.3, 0.4) is 0 Å². The highest BCUT2D eigenvalue weighted by Crippen LogP contribution is 2.61. The first-order chi connectivity index (χ1) is 11.5. The molecular weight excluding hydrogens is 322 g/mol. The number of carbonyl (C=O) groups excluding carboxylic acids is 1. The van der Waals surface area contributed by atoms with Crippen LogP contribution in [-0.4, -0.2) is 22.2 Å². The zero-order chi connectivity index (χ0) is 16.7. The first-order valence-corrected chi connectivity index (χ1v) is 9.85. The molecule has 0 aliphatic heterocycles. The predicted octanol–water partition coefficient (Wildman–Crippen LogP) is 3.96. The molecule has 4 nitrogen and oxygen atoms in total. The van der Waals surface area contributed by atoms with E-state index in [1.165, 1.54) is 38.5 Å². The Labute approximate surface area is 149 Å². The monoisotopic (exact) mass is 349 g/mol. The highest BCUT2D eigenvalue weighted by atomic mass is 35.5. The third kappa shape index (κ3) is 3.35. The lowest BCUT2D eigenvalue weighted by atomic mass is 9.49. The molecule has 1 heterocycles. The van der Waals surface area contributed by atoms with Gasteiger partial charge < -0.3 is 5.32 Å². The van der Waals surface area contributed by atoms with Gasteiger partial charge in [-0.25, -0.2) is 0 Å². The topological polar surface area (TPSA) is 46.9 Å². The molecule has 0 spiro atoms. The van der Waals surface area contributed by atoms with E-state index < -0.39 is 0 Å². The summed E-state index contributed by atoms with van der Waals surface area (Å²) in [4.78, 5) is 12.4. The summed E-state index contributed by atoms with van der Waals surface area (Å²) in [6.07, 6.45) is 11.7. The van der Waals surface area contributed by atoms with Crippen molar-refractivity contribution in [3.8, 4) is 0 Å². The van der Waals surface area contributed by atoms with Gasteiger partial charge in [0.15, 0.2) is 0 Å². The van der Waals surface area contributed by atoms with Gasteiger partial charge in [0.25, 0.3) is 0 Å². The van der Waals surface area contributed by atoms with E-state index in [-0.39, 0.29) is 5.91 Å². The Morgan fingerprint density at radius 3 is 2.46 bits per heavy atom. The highest BCUT2D eigenvalue weighted by Gasteiger charge is 2.51. The van der Waals surface area contributed by atoms with Gasteiger partial charge in [-0.05, 0) is 75.0 Å². The Kier molecular flexibility index (Phi) is 4.36. The lowest BCUT2D eigenvalue weighted by molar-refractivity contribution is -0.129. The summed E-state index contributed by atoms with van der Waals surface area (Å²) in [5.74, 6) is 3.00. The van der Waals surface area contributed by atoms with Crippen LogP contribution >= 0.6 is 11.6 Å². The molecule has 1 amide bonds. The second kappa shape index (κ2) is 6.36. The van der Waals surface area contributed by atoms with Gasteiger partial charge in [0, 0.05) is 25.7 Å². The molecule has 5 rings (SSSR count). The molecule has 0 radical (unpaired) electrons. The maximum atomic E-state index is 12.4. The Hall–Kier alpha value is -1.03. The first-order valence-electron chi connectivity index (χ1n) is 9.48. The van der Waals surface area contributed by atoms with Crippen LogP contribution in [0.2, 0.25) is 5.02 Å². The summed E-state index contributed by atoms with van der Waals surface area (Å²) in [5, 5.41) is 8.19. The fourth-order valence-electron chi connectivity index (χ4n) is 5.99. The number of nitrogens with zero attached hydrogens (tertiary/aromatic N) is 2.